The van der Waals surface area contributed by atoms with Crippen LogP contribution in [-0.2, 0) is 0 Å². The van der Waals surface area contributed by atoms with E-state index in [4.69, 9.17) is 9.84 Å². The van der Waals surface area contributed by atoms with Crippen LogP contribution in [0.4, 0.5) is 10.5 Å². The molecule has 1 amide bonds. The number of carboxylic acid groups (broad SMARTS) is 1. The first-order chi connectivity index (χ1) is 11.7. The number of ether oxygens (including phenoxy) is 1. The van der Waals surface area contributed by atoms with Gasteiger partial charge in [0.1, 0.15) is 11.9 Å². The third-order valence-corrected chi connectivity index (χ3v) is 4.31. The molecule has 0 aliphatic heterocycles. The molecule has 25 heavy (non-hydrogen) atoms. The number of hydrogen-bond donors (Lipinski definition) is 3. The Hall–Kier alpha value is -2.53. The topological polar surface area (TPSA) is 78.8 Å². The minimum atomic E-state index is -1.11. The molecule has 3 N–H and O–H groups in total. The second kappa shape index (κ2) is 7.57. The number of rotatable bonds is 5. The maximum atomic E-state index is 10.9. The highest BCUT2D eigenvalue weighted by Crippen LogP contribution is 2.34. The first-order valence-corrected chi connectivity index (χ1v) is 8.21. The van der Waals surface area contributed by atoms with Gasteiger partial charge in [0, 0.05) is 5.69 Å². The molecule has 0 aromatic heterocycles. The molecule has 0 fully saturated rings. The van der Waals surface area contributed by atoms with Gasteiger partial charge >= 0.3 is 6.09 Å². The highest BCUT2D eigenvalue weighted by Gasteiger charge is 2.19. The van der Waals surface area contributed by atoms with Crippen LogP contribution in [0.15, 0.2) is 30.3 Å². The Bertz CT molecular complexity index is 760. The van der Waals surface area contributed by atoms with Crippen molar-refractivity contribution in [3.05, 3.63) is 58.1 Å². The van der Waals surface area contributed by atoms with Gasteiger partial charge in [0.25, 0.3) is 0 Å². The van der Waals surface area contributed by atoms with Crippen molar-refractivity contribution in [1.29, 1.82) is 0 Å². The molecule has 5 nitrogen and oxygen atoms in total. The Labute approximate surface area is 148 Å². The summed E-state index contributed by atoms with van der Waals surface area (Å²) in [5, 5.41) is 22.1. The van der Waals surface area contributed by atoms with Crippen LogP contribution >= 0.6 is 0 Å². The molecule has 0 aliphatic carbocycles. The smallest absolute Gasteiger partial charge is 0.409 e. The molecule has 2 aromatic carbocycles. The number of amides is 1. The molecular formula is C20H25NO4. The van der Waals surface area contributed by atoms with Crippen molar-refractivity contribution in [3.8, 4) is 5.75 Å². The van der Waals surface area contributed by atoms with Crippen molar-refractivity contribution < 1.29 is 19.7 Å². The van der Waals surface area contributed by atoms with Gasteiger partial charge in [-0.15, -0.1) is 0 Å². The van der Waals surface area contributed by atoms with Crippen molar-refractivity contribution in [1.82, 2.24) is 0 Å². The summed E-state index contributed by atoms with van der Waals surface area (Å²) in [6.45, 7) is 7.89. The van der Waals surface area contributed by atoms with Crippen LogP contribution in [0, 0.1) is 13.8 Å². The normalized spacial score (nSPS) is 12.1. The molecule has 5 heteroatoms. The number of carbonyl (C=O) groups is 1. The van der Waals surface area contributed by atoms with E-state index in [2.05, 4.69) is 19.2 Å². The number of aliphatic hydroxyl groups excluding tert-OH is 1. The summed E-state index contributed by atoms with van der Waals surface area (Å²) in [5.74, 6) is 1.08. The zero-order valence-corrected chi connectivity index (χ0v) is 15.3. The average molecular weight is 343 g/mol. The maximum Gasteiger partial charge on any atom is 0.409 e. The van der Waals surface area contributed by atoms with Crippen LogP contribution in [0.25, 0.3) is 0 Å². The number of aryl methyl sites for hydroxylation is 2. The molecule has 0 saturated heterocycles. The SMILES string of the molecule is COc1ccc(C(O)c2c(C)cc(NC(=O)O)cc2C)cc1C(C)C. The number of aliphatic hydroxyl groups is 1. The van der Waals surface area contributed by atoms with Gasteiger partial charge in [0.15, 0.2) is 0 Å². The lowest BCUT2D eigenvalue weighted by atomic mass is 9.90. The summed E-state index contributed by atoms with van der Waals surface area (Å²) in [5.41, 5.74) is 4.77. The molecule has 0 aliphatic rings. The lowest BCUT2D eigenvalue weighted by molar-refractivity contribution is 0.210. The highest BCUT2D eigenvalue weighted by atomic mass is 16.5. The molecule has 1 atom stereocenters. The summed E-state index contributed by atoms with van der Waals surface area (Å²) in [6, 6.07) is 9.16. The second-order valence-electron chi connectivity index (χ2n) is 6.51. The van der Waals surface area contributed by atoms with Crippen molar-refractivity contribution in [2.75, 3.05) is 12.4 Å². The molecule has 2 rings (SSSR count). The minimum Gasteiger partial charge on any atom is -0.496 e. The summed E-state index contributed by atoms with van der Waals surface area (Å²) < 4.78 is 5.40. The lowest BCUT2D eigenvalue weighted by Crippen LogP contribution is -2.10. The van der Waals surface area contributed by atoms with Crippen LogP contribution in [-0.4, -0.2) is 23.4 Å². The van der Waals surface area contributed by atoms with E-state index in [9.17, 15) is 9.90 Å². The standard InChI is InChI=1S/C20H25NO4/c1-11(2)16-10-14(6-7-17(16)25-5)19(22)18-12(3)8-15(9-13(18)4)21-20(23)24/h6-11,19,21-22H,1-5H3,(H,23,24). The van der Waals surface area contributed by atoms with Gasteiger partial charge in [-0.25, -0.2) is 4.79 Å². The predicted octanol–water partition coefficient (Wildman–Crippen LogP) is 4.61. The summed E-state index contributed by atoms with van der Waals surface area (Å²) >= 11 is 0. The van der Waals surface area contributed by atoms with Gasteiger partial charge < -0.3 is 14.9 Å². The Morgan fingerprint density at radius 3 is 2.20 bits per heavy atom. The van der Waals surface area contributed by atoms with Crippen molar-refractivity contribution in [2.24, 2.45) is 0 Å². The van der Waals surface area contributed by atoms with Gasteiger partial charge in [-0.3, -0.25) is 5.32 Å². The number of anilines is 1. The molecule has 1 unspecified atom stereocenters. The van der Waals surface area contributed by atoms with Crippen LogP contribution in [0.5, 0.6) is 5.75 Å². The van der Waals surface area contributed by atoms with Crippen LogP contribution < -0.4 is 10.1 Å². The maximum absolute atomic E-state index is 10.9. The van der Waals surface area contributed by atoms with Gasteiger partial charge in [-0.1, -0.05) is 19.9 Å². The number of methoxy groups -OCH3 is 1. The monoisotopic (exact) mass is 343 g/mol. The molecule has 0 saturated carbocycles. The molecule has 0 bridgehead atoms. The van der Waals surface area contributed by atoms with E-state index in [1.54, 1.807) is 19.2 Å². The van der Waals surface area contributed by atoms with Gasteiger partial charge in [0.2, 0.25) is 0 Å². The second-order valence-corrected chi connectivity index (χ2v) is 6.51. The largest absolute Gasteiger partial charge is 0.496 e. The van der Waals surface area contributed by atoms with E-state index in [-0.39, 0.29) is 5.92 Å². The van der Waals surface area contributed by atoms with Crippen LogP contribution in [0.1, 0.15) is 53.7 Å². The van der Waals surface area contributed by atoms with Gasteiger partial charge in [0.05, 0.1) is 7.11 Å². The lowest BCUT2D eigenvalue weighted by Gasteiger charge is -2.20. The first kappa shape index (κ1) is 18.8. The number of hydrogen-bond acceptors (Lipinski definition) is 3. The molecule has 0 spiro atoms. The molecular weight excluding hydrogens is 318 g/mol. The Morgan fingerprint density at radius 2 is 1.72 bits per heavy atom. The number of nitrogens with one attached hydrogen (secondary N) is 1. The van der Waals surface area contributed by atoms with E-state index < -0.39 is 12.2 Å². The minimum absolute atomic E-state index is 0.270. The average Bonchev–Trinajstić information content (AvgIpc) is 2.52. The Morgan fingerprint density at radius 1 is 1.12 bits per heavy atom. The molecule has 134 valence electrons. The van der Waals surface area contributed by atoms with E-state index in [1.807, 2.05) is 32.0 Å². The molecule has 2 aromatic rings. The Kier molecular flexibility index (Phi) is 5.69. The quantitative estimate of drug-likeness (QED) is 0.741. The first-order valence-electron chi connectivity index (χ1n) is 8.21. The predicted molar refractivity (Wildman–Crippen MR) is 98.7 cm³/mol. The van der Waals surface area contributed by atoms with E-state index in [1.165, 1.54) is 0 Å². The van der Waals surface area contributed by atoms with E-state index >= 15 is 0 Å². The fraction of sp³-hybridized carbons (Fsp3) is 0.350. The number of benzene rings is 2. The van der Waals surface area contributed by atoms with Gasteiger partial charge in [-0.2, -0.15) is 0 Å². The van der Waals surface area contributed by atoms with Crippen LogP contribution in [0.3, 0.4) is 0 Å². The third-order valence-electron chi connectivity index (χ3n) is 4.31. The summed E-state index contributed by atoms with van der Waals surface area (Å²) in [4.78, 5) is 10.8. The summed E-state index contributed by atoms with van der Waals surface area (Å²) in [6.07, 6.45) is -1.90. The summed E-state index contributed by atoms with van der Waals surface area (Å²) in [7, 11) is 1.64. The highest BCUT2D eigenvalue weighted by molar-refractivity contribution is 5.83. The fourth-order valence-electron chi connectivity index (χ4n) is 3.14. The van der Waals surface area contributed by atoms with Gasteiger partial charge in [-0.05, 0) is 71.8 Å². The molecule has 0 radical (unpaired) electrons. The van der Waals surface area contributed by atoms with E-state index in [0.29, 0.717) is 5.69 Å². The van der Waals surface area contributed by atoms with Crippen molar-refractivity contribution in [3.63, 3.8) is 0 Å². The fourth-order valence-corrected chi connectivity index (χ4v) is 3.14. The zero-order chi connectivity index (χ0) is 18.7. The Balaban J connectivity index is 2.45. The van der Waals surface area contributed by atoms with E-state index in [0.717, 1.165) is 33.6 Å². The third kappa shape index (κ3) is 4.12. The van der Waals surface area contributed by atoms with Crippen molar-refractivity contribution in [2.45, 2.75) is 39.7 Å². The molecule has 0 heterocycles. The zero-order valence-electron chi connectivity index (χ0n) is 15.3. The van der Waals surface area contributed by atoms with Crippen LogP contribution in [0.2, 0.25) is 0 Å². The van der Waals surface area contributed by atoms with Crippen molar-refractivity contribution >= 4 is 11.8 Å².